The average Bonchev–Trinajstić information content (AvgIpc) is 2.95. The van der Waals surface area contributed by atoms with Gasteiger partial charge in [0.1, 0.15) is 23.5 Å². The first-order valence-corrected chi connectivity index (χ1v) is 9.61. The van der Waals surface area contributed by atoms with Gasteiger partial charge in [0, 0.05) is 30.7 Å². The number of benzene rings is 2. The van der Waals surface area contributed by atoms with Crippen LogP contribution in [0.25, 0.3) is 0 Å². The fourth-order valence-corrected chi connectivity index (χ4v) is 4.60. The minimum Gasteiger partial charge on any atom is -0.488 e. The highest BCUT2D eigenvalue weighted by Gasteiger charge is 2.42. The highest BCUT2D eigenvalue weighted by atomic mass is 35.5. The van der Waals surface area contributed by atoms with Crippen molar-refractivity contribution in [3.8, 4) is 5.75 Å². The molecule has 0 radical (unpaired) electrons. The van der Waals surface area contributed by atoms with Crippen molar-refractivity contribution >= 4 is 11.6 Å². The number of nitrogens with zero attached hydrogens (tertiary/aromatic N) is 1. The topological polar surface area (TPSA) is 32.7 Å². The average molecular weight is 394 g/mol. The molecule has 3 nitrogen and oxygen atoms in total. The Bertz CT molecular complexity index is 798. The van der Waals surface area contributed by atoms with Gasteiger partial charge >= 0.3 is 0 Å². The standard InChI is InChI=1S/C21H22ClF2NO2/c22-16-2-1-3-19(8-16)27-21-7-15-12-25(11-14(15)6-20(21)26)10-13-4-17(23)9-18(24)5-13/h1-5,8-9,14-15,20-21,26H,6-7,10-12H2/t14-,15+,20+,21+/m0/s1. The van der Waals surface area contributed by atoms with E-state index < -0.39 is 17.7 Å². The Labute approximate surface area is 162 Å². The second-order valence-corrected chi connectivity index (χ2v) is 8.08. The number of hydrogen-bond donors (Lipinski definition) is 1. The molecule has 27 heavy (non-hydrogen) atoms. The molecular weight excluding hydrogens is 372 g/mol. The molecule has 1 saturated carbocycles. The third-order valence-electron chi connectivity index (χ3n) is 5.57. The fraction of sp³-hybridized carbons (Fsp3) is 0.429. The maximum absolute atomic E-state index is 13.4. The SMILES string of the molecule is O[C@@H]1C[C@H]2CN(Cc3cc(F)cc(F)c3)C[C@H]2C[C@H]1Oc1cccc(Cl)c1. The van der Waals surface area contributed by atoms with Crippen LogP contribution >= 0.6 is 11.6 Å². The summed E-state index contributed by atoms with van der Waals surface area (Å²) in [7, 11) is 0. The van der Waals surface area contributed by atoms with Crippen LogP contribution in [0.3, 0.4) is 0 Å². The molecule has 0 amide bonds. The van der Waals surface area contributed by atoms with Gasteiger partial charge in [0.05, 0.1) is 6.10 Å². The molecule has 0 bridgehead atoms. The summed E-state index contributed by atoms with van der Waals surface area (Å²) in [5.41, 5.74) is 0.637. The summed E-state index contributed by atoms with van der Waals surface area (Å²) in [6, 6.07) is 10.8. The molecule has 0 aromatic heterocycles. The Morgan fingerprint density at radius 3 is 2.44 bits per heavy atom. The van der Waals surface area contributed by atoms with Gasteiger partial charge in [0.25, 0.3) is 0 Å². The van der Waals surface area contributed by atoms with E-state index in [1.165, 1.54) is 12.1 Å². The molecule has 1 aliphatic carbocycles. The third kappa shape index (κ3) is 4.42. The smallest absolute Gasteiger partial charge is 0.126 e. The minimum atomic E-state index is -0.549. The van der Waals surface area contributed by atoms with Crippen LogP contribution in [0.5, 0.6) is 5.75 Å². The quantitative estimate of drug-likeness (QED) is 0.842. The molecule has 144 valence electrons. The Morgan fingerprint density at radius 2 is 1.74 bits per heavy atom. The molecule has 2 fully saturated rings. The first kappa shape index (κ1) is 18.7. The lowest BCUT2D eigenvalue weighted by Gasteiger charge is -2.35. The van der Waals surface area contributed by atoms with Gasteiger partial charge < -0.3 is 9.84 Å². The van der Waals surface area contributed by atoms with Crippen molar-refractivity contribution in [2.24, 2.45) is 11.8 Å². The Hall–Kier alpha value is -1.69. The monoisotopic (exact) mass is 393 g/mol. The predicted molar refractivity (Wildman–Crippen MR) is 99.7 cm³/mol. The molecule has 0 spiro atoms. The lowest BCUT2D eigenvalue weighted by atomic mass is 9.78. The van der Waals surface area contributed by atoms with E-state index in [9.17, 15) is 13.9 Å². The summed E-state index contributed by atoms with van der Waals surface area (Å²) in [5.74, 6) is 0.336. The van der Waals surface area contributed by atoms with Gasteiger partial charge in [0.15, 0.2) is 0 Å². The maximum Gasteiger partial charge on any atom is 0.126 e. The molecule has 2 aromatic carbocycles. The summed E-state index contributed by atoms with van der Waals surface area (Å²) in [6.07, 6.45) is 0.629. The second kappa shape index (κ2) is 7.74. The normalized spacial score (nSPS) is 28.1. The van der Waals surface area contributed by atoms with E-state index >= 15 is 0 Å². The van der Waals surface area contributed by atoms with E-state index in [4.69, 9.17) is 16.3 Å². The zero-order chi connectivity index (χ0) is 19.0. The first-order valence-electron chi connectivity index (χ1n) is 9.24. The summed E-state index contributed by atoms with van der Waals surface area (Å²) < 4.78 is 32.8. The van der Waals surface area contributed by atoms with E-state index in [2.05, 4.69) is 4.90 Å². The van der Waals surface area contributed by atoms with Crippen LogP contribution in [0.4, 0.5) is 8.78 Å². The molecule has 2 aromatic rings. The minimum absolute atomic E-state index is 0.267. The Balaban J connectivity index is 1.39. The van der Waals surface area contributed by atoms with Gasteiger partial charge in [-0.05, 0) is 60.6 Å². The number of fused-ring (bicyclic) bond motifs is 1. The third-order valence-corrected chi connectivity index (χ3v) is 5.81. The lowest BCUT2D eigenvalue weighted by molar-refractivity contribution is -0.0231. The van der Waals surface area contributed by atoms with E-state index in [0.717, 1.165) is 25.6 Å². The van der Waals surface area contributed by atoms with E-state index in [0.29, 0.717) is 41.1 Å². The first-order chi connectivity index (χ1) is 13.0. The number of hydrogen-bond acceptors (Lipinski definition) is 3. The van der Waals surface area contributed by atoms with Crippen molar-refractivity contribution in [3.63, 3.8) is 0 Å². The molecular formula is C21H22ClF2NO2. The van der Waals surface area contributed by atoms with Crippen molar-refractivity contribution in [1.29, 1.82) is 0 Å². The molecule has 0 unspecified atom stereocenters. The van der Waals surface area contributed by atoms with E-state index in [1.807, 2.05) is 12.1 Å². The van der Waals surface area contributed by atoms with Gasteiger partial charge in [-0.1, -0.05) is 17.7 Å². The van der Waals surface area contributed by atoms with Crippen LogP contribution in [-0.4, -0.2) is 35.3 Å². The van der Waals surface area contributed by atoms with Gasteiger partial charge in [-0.3, -0.25) is 4.90 Å². The van der Waals surface area contributed by atoms with Crippen LogP contribution in [0.1, 0.15) is 18.4 Å². The zero-order valence-electron chi connectivity index (χ0n) is 14.8. The predicted octanol–water partition coefficient (Wildman–Crippen LogP) is 4.27. The van der Waals surface area contributed by atoms with Gasteiger partial charge in [0.2, 0.25) is 0 Å². The van der Waals surface area contributed by atoms with Crippen molar-refractivity contribution in [3.05, 3.63) is 64.7 Å². The second-order valence-electron chi connectivity index (χ2n) is 7.64. The molecule has 4 atom stereocenters. The van der Waals surface area contributed by atoms with Crippen molar-refractivity contribution in [2.45, 2.75) is 31.6 Å². The van der Waals surface area contributed by atoms with Gasteiger partial charge in [-0.2, -0.15) is 0 Å². The van der Waals surface area contributed by atoms with Crippen LogP contribution < -0.4 is 4.74 Å². The van der Waals surface area contributed by atoms with Crippen LogP contribution in [-0.2, 0) is 6.54 Å². The van der Waals surface area contributed by atoms with Crippen molar-refractivity contribution in [2.75, 3.05) is 13.1 Å². The highest BCUT2D eigenvalue weighted by Crippen LogP contribution is 2.38. The number of rotatable bonds is 4. The molecule has 4 rings (SSSR count). The summed E-state index contributed by atoms with van der Waals surface area (Å²) in [5, 5.41) is 11.1. The molecule has 1 aliphatic heterocycles. The largest absolute Gasteiger partial charge is 0.488 e. The number of aliphatic hydroxyl groups excluding tert-OH is 1. The summed E-state index contributed by atoms with van der Waals surface area (Å²) in [6.45, 7) is 2.17. The molecule has 1 saturated heterocycles. The number of halogens is 3. The van der Waals surface area contributed by atoms with Crippen LogP contribution in [0, 0.1) is 23.5 Å². The van der Waals surface area contributed by atoms with Crippen LogP contribution in [0.2, 0.25) is 5.02 Å². The van der Waals surface area contributed by atoms with Gasteiger partial charge in [-0.25, -0.2) is 8.78 Å². The fourth-order valence-electron chi connectivity index (χ4n) is 4.42. The lowest BCUT2D eigenvalue weighted by Crippen LogP contribution is -2.42. The summed E-state index contributed by atoms with van der Waals surface area (Å²) >= 11 is 6.00. The van der Waals surface area contributed by atoms with E-state index in [-0.39, 0.29) is 6.10 Å². The van der Waals surface area contributed by atoms with Crippen LogP contribution in [0.15, 0.2) is 42.5 Å². The van der Waals surface area contributed by atoms with Crippen molar-refractivity contribution < 1.29 is 18.6 Å². The number of aliphatic hydroxyl groups is 1. The summed E-state index contributed by atoms with van der Waals surface area (Å²) in [4.78, 5) is 2.21. The Morgan fingerprint density at radius 1 is 1.04 bits per heavy atom. The molecule has 1 N–H and O–H groups in total. The zero-order valence-corrected chi connectivity index (χ0v) is 15.6. The van der Waals surface area contributed by atoms with Gasteiger partial charge in [-0.15, -0.1) is 0 Å². The molecule has 2 aliphatic rings. The van der Waals surface area contributed by atoms with E-state index in [1.54, 1.807) is 12.1 Å². The number of likely N-dealkylation sites (tertiary alicyclic amines) is 1. The molecule has 6 heteroatoms. The molecule has 1 heterocycles. The Kier molecular flexibility index (Phi) is 5.35. The maximum atomic E-state index is 13.4. The highest BCUT2D eigenvalue weighted by molar-refractivity contribution is 6.30. The van der Waals surface area contributed by atoms with Crippen molar-refractivity contribution in [1.82, 2.24) is 4.90 Å². The number of ether oxygens (including phenoxy) is 1.